The zero-order valence-corrected chi connectivity index (χ0v) is 15.2. The van der Waals surface area contributed by atoms with E-state index in [-0.39, 0.29) is 4.90 Å². The van der Waals surface area contributed by atoms with Gasteiger partial charge in [0.2, 0.25) is 0 Å². The number of piperazine rings is 1. The number of hydrogen-bond acceptors (Lipinski definition) is 5. The molecular formula is C18H24N4O2S. The molecule has 0 saturated carbocycles. The number of hydrogen-bond donors (Lipinski definition) is 1. The van der Waals surface area contributed by atoms with Crippen LogP contribution in [0.4, 0.5) is 5.69 Å². The van der Waals surface area contributed by atoms with E-state index in [1.165, 1.54) is 12.3 Å². The summed E-state index contributed by atoms with van der Waals surface area (Å²) in [6.07, 6.45) is 3.81. The highest BCUT2D eigenvalue weighted by Crippen LogP contribution is 2.17. The first kappa shape index (κ1) is 17.8. The van der Waals surface area contributed by atoms with Crippen molar-refractivity contribution >= 4 is 15.7 Å². The van der Waals surface area contributed by atoms with Crippen molar-refractivity contribution in [3.63, 3.8) is 0 Å². The van der Waals surface area contributed by atoms with Gasteiger partial charge >= 0.3 is 0 Å². The molecule has 0 amide bonds. The van der Waals surface area contributed by atoms with Crippen molar-refractivity contribution in [3.8, 4) is 0 Å². The maximum atomic E-state index is 12.4. The van der Waals surface area contributed by atoms with Gasteiger partial charge in [-0.1, -0.05) is 12.1 Å². The quantitative estimate of drug-likeness (QED) is 0.849. The summed E-state index contributed by atoms with van der Waals surface area (Å²) in [5, 5.41) is 0. The van der Waals surface area contributed by atoms with Crippen LogP contribution in [0.5, 0.6) is 0 Å². The molecule has 0 unspecified atom stereocenters. The Hall–Kier alpha value is -1.96. The van der Waals surface area contributed by atoms with Crippen molar-refractivity contribution in [2.24, 2.45) is 0 Å². The van der Waals surface area contributed by atoms with Crippen LogP contribution in [0.15, 0.2) is 53.7 Å². The molecule has 2 aromatic rings. The molecule has 134 valence electrons. The fourth-order valence-electron chi connectivity index (χ4n) is 2.87. The standard InChI is InChI=1S/C18H24N4O2S/c1-21-10-12-22(13-11-21)9-7-16-4-2-5-17(14-16)20-25(23,24)18-6-3-8-19-15-18/h2-6,8,14-15,20H,7,9-13H2,1H3. The summed E-state index contributed by atoms with van der Waals surface area (Å²) >= 11 is 0. The predicted molar refractivity (Wildman–Crippen MR) is 99.1 cm³/mol. The summed E-state index contributed by atoms with van der Waals surface area (Å²) in [4.78, 5) is 8.82. The summed E-state index contributed by atoms with van der Waals surface area (Å²) in [6, 6.07) is 10.8. The first-order valence-corrected chi connectivity index (χ1v) is 9.94. The maximum Gasteiger partial charge on any atom is 0.263 e. The van der Waals surface area contributed by atoms with E-state index in [0.717, 1.165) is 44.7 Å². The normalized spacial score (nSPS) is 16.7. The van der Waals surface area contributed by atoms with Crippen molar-refractivity contribution in [1.29, 1.82) is 0 Å². The van der Waals surface area contributed by atoms with Gasteiger partial charge in [0.15, 0.2) is 0 Å². The van der Waals surface area contributed by atoms with E-state index in [1.54, 1.807) is 18.3 Å². The van der Waals surface area contributed by atoms with E-state index in [0.29, 0.717) is 5.69 Å². The number of nitrogens with one attached hydrogen (secondary N) is 1. The van der Waals surface area contributed by atoms with Crippen molar-refractivity contribution in [2.75, 3.05) is 44.5 Å². The monoisotopic (exact) mass is 360 g/mol. The number of pyridine rings is 1. The number of aromatic nitrogens is 1. The molecule has 6 nitrogen and oxygen atoms in total. The number of nitrogens with zero attached hydrogens (tertiary/aromatic N) is 3. The molecule has 1 fully saturated rings. The third-order valence-electron chi connectivity index (χ3n) is 4.44. The molecule has 0 aliphatic carbocycles. The lowest BCUT2D eigenvalue weighted by atomic mass is 10.1. The van der Waals surface area contributed by atoms with Gasteiger partial charge in [-0.25, -0.2) is 8.42 Å². The molecule has 2 heterocycles. The molecule has 0 bridgehead atoms. The van der Waals surface area contributed by atoms with Gasteiger partial charge in [-0.2, -0.15) is 0 Å². The first-order chi connectivity index (χ1) is 12.0. The Morgan fingerprint density at radius 2 is 1.92 bits per heavy atom. The van der Waals surface area contributed by atoms with E-state index >= 15 is 0 Å². The topological polar surface area (TPSA) is 65.5 Å². The zero-order valence-electron chi connectivity index (χ0n) is 14.4. The van der Waals surface area contributed by atoms with Gasteiger partial charge in [0.05, 0.1) is 0 Å². The van der Waals surface area contributed by atoms with Crippen molar-refractivity contribution in [2.45, 2.75) is 11.3 Å². The highest BCUT2D eigenvalue weighted by molar-refractivity contribution is 7.92. The lowest BCUT2D eigenvalue weighted by molar-refractivity contribution is 0.155. The summed E-state index contributed by atoms with van der Waals surface area (Å²) < 4.78 is 27.4. The van der Waals surface area contributed by atoms with Gasteiger partial charge in [0.25, 0.3) is 10.0 Å². The molecule has 7 heteroatoms. The first-order valence-electron chi connectivity index (χ1n) is 8.46. The molecule has 1 aliphatic heterocycles. The summed E-state index contributed by atoms with van der Waals surface area (Å²) in [7, 11) is -1.45. The van der Waals surface area contributed by atoms with Gasteiger partial charge in [-0.3, -0.25) is 9.71 Å². The fourth-order valence-corrected chi connectivity index (χ4v) is 3.88. The fraction of sp³-hybridized carbons (Fsp3) is 0.389. The van der Waals surface area contributed by atoms with Crippen LogP contribution in [0.3, 0.4) is 0 Å². The second-order valence-corrected chi connectivity index (χ2v) is 8.07. The van der Waals surface area contributed by atoms with Gasteiger partial charge in [-0.05, 0) is 43.3 Å². The minimum absolute atomic E-state index is 0.165. The Balaban J connectivity index is 1.62. The smallest absolute Gasteiger partial charge is 0.263 e. The molecule has 0 radical (unpaired) electrons. The van der Waals surface area contributed by atoms with Crippen LogP contribution in [0.25, 0.3) is 0 Å². The van der Waals surface area contributed by atoms with E-state index < -0.39 is 10.0 Å². The lowest BCUT2D eigenvalue weighted by Gasteiger charge is -2.32. The number of benzene rings is 1. The van der Waals surface area contributed by atoms with Crippen LogP contribution < -0.4 is 4.72 Å². The molecule has 1 aliphatic rings. The average Bonchev–Trinajstić information content (AvgIpc) is 2.62. The summed E-state index contributed by atoms with van der Waals surface area (Å²) in [5.41, 5.74) is 1.71. The zero-order chi connectivity index (χ0) is 17.7. The molecule has 3 rings (SSSR count). The van der Waals surface area contributed by atoms with Crippen molar-refractivity contribution < 1.29 is 8.42 Å². The van der Waals surface area contributed by atoms with E-state index in [2.05, 4.69) is 26.6 Å². The van der Waals surface area contributed by atoms with E-state index in [4.69, 9.17) is 0 Å². The van der Waals surface area contributed by atoms with Gasteiger partial charge in [0.1, 0.15) is 4.90 Å². The summed E-state index contributed by atoms with van der Waals surface area (Å²) in [6.45, 7) is 5.37. The SMILES string of the molecule is CN1CCN(CCc2cccc(NS(=O)(=O)c3cccnc3)c2)CC1. The molecular weight excluding hydrogens is 336 g/mol. The molecule has 0 atom stereocenters. The Morgan fingerprint density at radius 3 is 2.64 bits per heavy atom. The van der Waals surface area contributed by atoms with Crippen molar-refractivity contribution in [1.82, 2.24) is 14.8 Å². The Kier molecular flexibility index (Phi) is 5.67. The van der Waals surface area contributed by atoms with Crippen LogP contribution in [0, 0.1) is 0 Å². The largest absolute Gasteiger partial charge is 0.304 e. The Bertz CT molecular complexity index is 788. The van der Waals surface area contributed by atoms with Gasteiger partial charge in [-0.15, -0.1) is 0 Å². The van der Waals surface area contributed by atoms with E-state index in [9.17, 15) is 8.42 Å². The highest BCUT2D eigenvalue weighted by Gasteiger charge is 2.15. The van der Waals surface area contributed by atoms with Crippen molar-refractivity contribution in [3.05, 3.63) is 54.4 Å². The molecule has 1 saturated heterocycles. The molecule has 1 aromatic carbocycles. The van der Waals surface area contributed by atoms with Crippen LogP contribution in [0.2, 0.25) is 0 Å². The summed E-state index contributed by atoms with van der Waals surface area (Å²) in [5.74, 6) is 0. The van der Waals surface area contributed by atoms with Crippen LogP contribution >= 0.6 is 0 Å². The second kappa shape index (κ2) is 7.95. The molecule has 25 heavy (non-hydrogen) atoms. The maximum absolute atomic E-state index is 12.4. The number of anilines is 1. The van der Waals surface area contributed by atoms with Gasteiger partial charge in [0, 0.05) is 50.8 Å². The molecule has 0 spiro atoms. The third kappa shape index (κ3) is 5.01. The molecule has 1 aromatic heterocycles. The predicted octanol–water partition coefficient (Wildman–Crippen LogP) is 1.67. The number of rotatable bonds is 6. The second-order valence-electron chi connectivity index (χ2n) is 6.39. The Labute approximate surface area is 149 Å². The van der Waals surface area contributed by atoms with Gasteiger partial charge < -0.3 is 9.80 Å². The minimum Gasteiger partial charge on any atom is -0.304 e. The number of likely N-dealkylation sites (N-methyl/N-ethyl adjacent to an activating group) is 1. The highest BCUT2D eigenvalue weighted by atomic mass is 32.2. The number of sulfonamides is 1. The molecule has 1 N–H and O–H groups in total. The van der Waals surface area contributed by atoms with Crippen LogP contribution in [0.1, 0.15) is 5.56 Å². The third-order valence-corrected chi connectivity index (χ3v) is 5.80. The minimum atomic E-state index is -3.60. The van der Waals surface area contributed by atoms with E-state index in [1.807, 2.05) is 18.2 Å². The van der Waals surface area contributed by atoms with Crippen LogP contribution in [-0.2, 0) is 16.4 Å². The van der Waals surface area contributed by atoms with Crippen LogP contribution in [-0.4, -0.2) is 63.0 Å². The average molecular weight is 360 g/mol. The Morgan fingerprint density at radius 1 is 1.12 bits per heavy atom. The lowest BCUT2D eigenvalue weighted by Crippen LogP contribution is -2.45.